The Hall–Kier alpha value is -4.27. The second-order valence-electron chi connectivity index (χ2n) is 9.41. The minimum absolute atomic E-state index is 0.194. The van der Waals surface area contributed by atoms with E-state index in [1.54, 1.807) is 45.3 Å². The molecule has 0 radical (unpaired) electrons. The Balaban J connectivity index is 1.32. The Bertz CT molecular complexity index is 1540. The highest BCUT2D eigenvalue weighted by molar-refractivity contribution is 6.10. The standard InChI is InChI=1S/C27H25N3O6/c1-13-17(12-31)22-24(28-13)18(32)9-20-27(22)10-15(27)11-30(20)21(33)6-5-16-7-14-8-19(34-2)25(35-3)26(36-4)23(14)29-16/h5-9,12,15,28-29H,10-11H2,1-4H3/b6-5+/t15-,27+/m1/s1. The number of rotatable bonds is 6. The van der Waals surface area contributed by atoms with E-state index in [4.69, 9.17) is 14.2 Å². The van der Waals surface area contributed by atoms with Crippen molar-refractivity contribution in [1.29, 1.82) is 0 Å². The predicted octanol–water partition coefficient (Wildman–Crippen LogP) is 3.54. The number of aryl methyl sites for hydroxylation is 1. The van der Waals surface area contributed by atoms with Gasteiger partial charge in [0.2, 0.25) is 11.5 Å². The number of nitrogens with one attached hydrogen (secondary N) is 2. The van der Waals surface area contributed by atoms with Crippen molar-refractivity contribution in [2.45, 2.75) is 18.8 Å². The number of ether oxygens (including phenoxy) is 3. The Morgan fingerprint density at radius 1 is 1.14 bits per heavy atom. The third kappa shape index (κ3) is 2.79. The first-order chi connectivity index (χ1) is 17.4. The molecule has 3 aromatic rings. The molecule has 1 spiro atoms. The molecule has 36 heavy (non-hydrogen) atoms. The summed E-state index contributed by atoms with van der Waals surface area (Å²) in [7, 11) is 4.66. The van der Waals surface area contributed by atoms with E-state index in [9.17, 15) is 14.4 Å². The number of ketones is 1. The van der Waals surface area contributed by atoms with Crippen LogP contribution in [-0.4, -0.2) is 60.7 Å². The van der Waals surface area contributed by atoms with Crippen molar-refractivity contribution in [1.82, 2.24) is 14.9 Å². The summed E-state index contributed by atoms with van der Waals surface area (Å²) in [5, 5.41) is 0.843. The lowest BCUT2D eigenvalue weighted by Gasteiger charge is -2.27. The van der Waals surface area contributed by atoms with E-state index in [0.717, 1.165) is 29.2 Å². The van der Waals surface area contributed by atoms with Crippen LogP contribution in [-0.2, 0) is 10.2 Å². The fourth-order valence-electron chi connectivity index (χ4n) is 6.01. The van der Waals surface area contributed by atoms with Crippen molar-refractivity contribution in [2.75, 3.05) is 27.9 Å². The van der Waals surface area contributed by atoms with Crippen molar-refractivity contribution < 1.29 is 28.6 Å². The Labute approximate surface area is 206 Å². The van der Waals surface area contributed by atoms with Gasteiger partial charge in [-0.05, 0) is 37.5 Å². The van der Waals surface area contributed by atoms with Gasteiger partial charge < -0.3 is 29.1 Å². The first kappa shape index (κ1) is 22.2. The molecule has 2 aliphatic carbocycles. The number of carbonyl (C=O) groups excluding carboxylic acids is 3. The maximum Gasteiger partial charge on any atom is 0.250 e. The lowest BCUT2D eigenvalue weighted by atomic mass is 9.83. The van der Waals surface area contributed by atoms with Gasteiger partial charge in [0.25, 0.3) is 5.91 Å². The molecule has 1 aliphatic heterocycles. The molecule has 1 saturated heterocycles. The molecule has 3 aliphatic rings. The summed E-state index contributed by atoms with van der Waals surface area (Å²) in [5.74, 6) is 1.29. The highest BCUT2D eigenvalue weighted by Gasteiger charge is 2.68. The zero-order valence-corrected chi connectivity index (χ0v) is 20.4. The first-order valence-corrected chi connectivity index (χ1v) is 11.6. The molecule has 9 nitrogen and oxygen atoms in total. The van der Waals surface area contributed by atoms with Crippen molar-refractivity contribution in [3.63, 3.8) is 0 Å². The Kier molecular flexibility index (Phi) is 4.70. The molecule has 184 valence electrons. The number of H-pyrrole nitrogens is 2. The Morgan fingerprint density at radius 2 is 1.92 bits per heavy atom. The number of hydrogen-bond acceptors (Lipinski definition) is 6. The van der Waals surface area contributed by atoms with E-state index >= 15 is 0 Å². The number of carbonyl (C=O) groups is 3. The van der Waals surface area contributed by atoms with Gasteiger partial charge in [-0.15, -0.1) is 0 Å². The SMILES string of the molecule is COc1cc2cc(/C=C/C(=O)N3C[C@H]4C[C@@]45C3=CC(=O)c3[nH]c(C)c(C=O)c35)[nH]c2c(OC)c1OC. The fraction of sp³-hybridized carbons (Fsp3) is 0.296. The number of nitrogens with zero attached hydrogens (tertiary/aromatic N) is 1. The molecule has 2 atom stereocenters. The smallest absolute Gasteiger partial charge is 0.250 e. The van der Waals surface area contributed by atoms with Gasteiger partial charge in [-0.3, -0.25) is 14.4 Å². The minimum Gasteiger partial charge on any atom is -0.493 e. The van der Waals surface area contributed by atoms with Crippen molar-refractivity contribution in [3.8, 4) is 17.2 Å². The molecule has 3 heterocycles. The summed E-state index contributed by atoms with van der Waals surface area (Å²) >= 11 is 0. The maximum atomic E-state index is 13.3. The minimum atomic E-state index is -0.435. The predicted molar refractivity (Wildman–Crippen MR) is 132 cm³/mol. The second kappa shape index (κ2) is 7.61. The van der Waals surface area contributed by atoms with E-state index in [1.165, 1.54) is 6.08 Å². The van der Waals surface area contributed by atoms with Crippen LogP contribution in [0.25, 0.3) is 17.0 Å². The largest absolute Gasteiger partial charge is 0.493 e. The molecule has 1 saturated carbocycles. The monoisotopic (exact) mass is 487 g/mol. The average Bonchev–Trinajstić information content (AvgIpc) is 3.14. The summed E-state index contributed by atoms with van der Waals surface area (Å²) in [6, 6.07) is 3.73. The average molecular weight is 488 g/mol. The molecule has 1 aromatic carbocycles. The first-order valence-electron chi connectivity index (χ1n) is 11.6. The van der Waals surface area contributed by atoms with Gasteiger partial charge in [-0.1, -0.05) is 0 Å². The molecule has 1 amide bonds. The van der Waals surface area contributed by atoms with Crippen molar-refractivity contribution in [3.05, 3.63) is 58.2 Å². The van der Waals surface area contributed by atoms with Crippen LogP contribution in [0.2, 0.25) is 0 Å². The van der Waals surface area contributed by atoms with Crippen LogP contribution in [0.4, 0.5) is 0 Å². The summed E-state index contributed by atoms with van der Waals surface area (Å²) in [6.45, 7) is 2.31. The normalized spacial score (nSPS) is 21.8. The third-order valence-corrected chi connectivity index (χ3v) is 7.68. The number of methoxy groups -OCH3 is 3. The second-order valence-corrected chi connectivity index (χ2v) is 9.41. The number of aldehydes is 1. The van der Waals surface area contributed by atoms with Crippen LogP contribution in [0.5, 0.6) is 17.2 Å². The summed E-state index contributed by atoms with van der Waals surface area (Å²) in [4.78, 5) is 46.0. The van der Waals surface area contributed by atoms with E-state index in [1.807, 2.05) is 12.1 Å². The number of fused-ring (bicyclic) bond motifs is 2. The topological polar surface area (TPSA) is 114 Å². The molecule has 2 N–H and O–H groups in total. The van der Waals surface area contributed by atoms with E-state index in [0.29, 0.717) is 52.1 Å². The van der Waals surface area contributed by atoms with E-state index in [2.05, 4.69) is 9.97 Å². The molecule has 9 heteroatoms. The summed E-state index contributed by atoms with van der Waals surface area (Å²) < 4.78 is 16.4. The lowest BCUT2D eigenvalue weighted by Crippen LogP contribution is -2.32. The number of aromatic nitrogens is 2. The third-order valence-electron chi connectivity index (χ3n) is 7.68. The fourth-order valence-corrected chi connectivity index (χ4v) is 6.01. The highest BCUT2D eigenvalue weighted by atomic mass is 16.5. The van der Waals surface area contributed by atoms with Gasteiger partial charge in [0, 0.05) is 57.7 Å². The van der Waals surface area contributed by atoms with Gasteiger partial charge in [-0.25, -0.2) is 0 Å². The maximum absolute atomic E-state index is 13.3. The Morgan fingerprint density at radius 3 is 2.61 bits per heavy atom. The van der Waals surface area contributed by atoms with E-state index in [-0.39, 0.29) is 17.6 Å². The number of hydrogen-bond donors (Lipinski definition) is 2. The summed E-state index contributed by atoms with van der Waals surface area (Å²) in [5.41, 5.74) is 4.13. The number of likely N-dealkylation sites (tertiary alicyclic amines) is 1. The molecular formula is C27H25N3O6. The van der Waals surface area contributed by atoms with Gasteiger partial charge in [0.1, 0.15) is 0 Å². The number of benzene rings is 1. The lowest BCUT2D eigenvalue weighted by molar-refractivity contribution is -0.123. The molecule has 6 rings (SSSR count). The zero-order chi connectivity index (χ0) is 25.4. The number of aromatic amines is 2. The summed E-state index contributed by atoms with van der Waals surface area (Å²) in [6.07, 6.45) is 6.39. The number of allylic oxidation sites excluding steroid dienone is 2. The zero-order valence-electron chi connectivity index (χ0n) is 20.4. The molecule has 2 aromatic heterocycles. The van der Waals surface area contributed by atoms with Crippen LogP contribution < -0.4 is 14.2 Å². The molecule has 0 unspecified atom stereocenters. The van der Waals surface area contributed by atoms with Crippen molar-refractivity contribution >= 4 is 35.0 Å². The van der Waals surface area contributed by atoms with Crippen molar-refractivity contribution in [2.24, 2.45) is 5.92 Å². The number of amides is 1. The van der Waals surface area contributed by atoms with Crippen LogP contribution in [0.15, 0.2) is 30.0 Å². The van der Waals surface area contributed by atoms with Gasteiger partial charge in [-0.2, -0.15) is 0 Å². The van der Waals surface area contributed by atoms with Gasteiger partial charge >= 0.3 is 0 Å². The van der Waals surface area contributed by atoms with E-state index < -0.39 is 5.41 Å². The van der Waals surface area contributed by atoms with Crippen LogP contribution in [0.3, 0.4) is 0 Å². The van der Waals surface area contributed by atoms with Gasteiger partial charge in [0.05, 0.1) is 32.5 Å². The highest BCUT2D eigenvalue weighted by Crippen LogP contribution is 2.67. The van der Waals surface area contributed by atoms with Crippen LogP contribution >= 0.6 is 0 Å². The molecule has 0 bridgehead atoms. The van der Waals surface area contributed by atoms with Crippen LogP contribution in [0.1, 0.15) is 44.2 Å². The molecular weight excluding hydrogens is 462 g/mol. The quantitative estimate of drug-likeness (QED) is 0.406. The number of piperidine rings is 1. The van der Waals surface area contributed by atoms with Gasteiger partial charge in [0.15, 0.2) is 17.8 Å². The molecule has 2 fully saturated rings. The van der Waals surface area contributed by atoms with Crippen LogP contribution in [0, 0.1) is 12.8 Å².